The van der Waals surface area contributed by atoms with Gasteiger partial charge in [0.25, 0.3) is 0 Å². The number of imidazole rings is 1. The molecule has 1 amide bonds. The molecule has 0 radical (unpaired) electrons. The highest BCUT2D eigenvalue weighted by molar-refractivity contribution is 5.77. The third-order valence-corrected chi connectivity index (χ3v) is 3.76. The number of aromatic amines is 1. The lowest BCUT2D eigenvalue weighted by Crippen LogP contribution is -2.42. The Kier molecular flexibility index (Phi) is 3.69. The van der Waals surface area contributed by atoms with Crippen LogP contribution < -0.4 is 0 Å². The van der Waals surface area contributed by atoms with E-state index in [1.54, 1.807) is 4.90 Å². The number of piperidine rings is 1. The van der Waals surface area contributed by atoms with Crippen molar-refractivity contribution in [1.29, 1.82) is 0 Å². The van der Waals surface area contributed by atoms with E-state index in [2.05, 4.69) is 9.97 Å². The Bertz CT molecular complexity index is 575. The van der Waals surface area contributed by atoms with Crippen molar-refractivity contribution in [2.75, 3.05) is 13.1 Å². The first kappa shape index (κ1) is 13.1. The summed E-state index contributed by atoms with van der Waals surface area (Å²) in [5, 5.41) is 9.60. The third-order valence-electron chi connectivity index (χ3n) is 3.76. The van der Waals surface area contributed by atoms with E-state index in [1.807, 2.05) is 24.3 Å². The Balaban J connectivity index is 1.59. The Hall–Kier alpha value is -1.88. The highest BCUT2D eigenvalue weighted by atomic mass is 16.3. The number of H-pyrrole nitrogens is 1. The number of nitrogens with one attached hydrogen (secondary N) is 1. The van der Waals surface area contributed by atoms with Crippen molar-refractivity contribution in [3.63, 3.8) is 0 Å². The number of carbonyl (C=O) groups is 1. The van der Waals surface area contributed by atoms with Crippen molar-refractivity contribution < 1.29 is 9.90 Å². The van der Waals surface area contributed by atoms with Crippen LogP contribution in [0.25, 0.3) is 11.0 Å². The lowest BCUT2D eigenvalue weighted by molar-refractivity contribution is -0.134. The molecule has 0 aliphatic carbocycles. The van der Waals surface area contributed by atoms with Crippen LogP contribution in [0.2, 0.25) is 0 Å². The van der Waals surface area contributed by atoms with Crippen molar-refractivity contribution in [2.24, 2.45) is 0 Å². The number of hydrogen-bond acceptors (Lipinski definition) is 3. The fourth-order valence-electron chi connectivity index (χ4n) is 2.69. The first-order valence-electron chi connectivity index (χ1n) is 7.12. The van der Waals surface area contributed by atoms with Gasteiger partial charge in [-0.1, -0.05) is 12.1 Å². The van der Waals surface area contributed by atoms with Crippen LogP contribution in [-0.4, -0.2) is 45.1 Å². The van der Waals surface area contributed by atoms with Gasteiger partial charge in [0, 0.05) is 25.9 Å². The summed E-state index contributed by atoms with van der Waals surface area (Å²) >= 11 is 0. The van der Waals surface area contributed by atoms with Gasteiger partial charge in [0.05, 0.1) is 17.1 Å². The van der Waals surface area contributed by atoms with Crippen molar-refractivity contribution in [3.05, 3.63) is 30.1 Å². The van der Waals surface area contributed by atoms with E-state index in [9.17, 15) is 9.90 Å². The van der Waals surface area contributed by atoms with Crippen molar-refractivity contribution in [1.82, 2.24) is 14.9 Å². The molecule has 1 aliphatic heterocycles. The lowest BCUT2D eigenvalue weighted by Gasteiger charge is -2.30. The van der Waals surface area contributed by atoms with E-state index in [4.69, 9.17) is 0 Å². The molecule has 1 saturated heterocycles. The maximum atomic E-state index is 12.1. The minimum Gasteiger partial charge on any atom is -0.391 e. The second-order valence-corrected chi connectivity index (χ2v) is 5.34. The number of fused-ring (bicyclic) bond motifs is 1. The Morgan fingerprint density at radius 2 is 2.30 bits per heavy atom. The molecule has 2 heterocycles. The normalized spacial score (nSPS) is 19.4. The van der Waals surface area contributed by atoms with Crippen LogP contribution in [0.5, 0.6) is 0 Å². The number of aryl methyl sites for hydroxylation is 1. The molecule has 0 unspecified atom stereocenters. The van der Waals surface area contributed by atoms with E-state index in [1.165, 1.54) is 0 Å². The molecular weight excluding hydrogens is 254 g/mol. The monoisotopic (exact) mass is 273 g/mol. The van der Waals surface area contributed by atoms with Gasteiger partial charge in [0.15, 0.2) is 0 Å². The van der Waals surface area contributed by atoms with Crippen LogP contribution in [0.3, 0.4) is 0 Å². The van der Waals surface area contributed by atoms with Gasteiger partial charge in [0.2, 0.25) is 5.91 Å². The molecule has 3 rings (SSSR count). The number of carbonyl (C=O) groups excluding carboxylic acids is 1. The molecular formula is C15H19N3O2. The van der Waals surface area contributed by atoms with Gasteiger partial charge in [-0.15, -0.1) is 0 Å². The fourth-order valence-corrected chi connectivity index (χ4v) is 2.69. The molecule has 1 fully saturated rings. The maximum Gasteiger partial charge on any atom is 0.223 e. The summed E-state index contributed by atoms with van der Waals surface area (Å²) in [6, 6.07) is 7.85. The van der Waals surface area contributed by atoms with Gasteiger partial charge in [-0.3, -0.25) is 4.79 Å². The van der Waals surface area contributed by atoms with E-state index < -0.39 is 0 Å². The summed E-state index contributed by atoms with van der Waals surface area (Å²) in [6.45, 7) is 1.23. The van der Waals surface area contributed by atoms with Gasteiger partial charge in [0.1, 0.15) is 5.82 Å². The summed E-state index contributed by atoms with van der Waals surface area (Å²) in [5.74, 6) is 0.946. The number of aliphatic hydroxyl groups excluding tert-OH is 1. The largest absolute Gasteiger partial charge is 0.391 e. The van der Waals surface area contributed by atoms with Crippen LogP contribution in [0.4, 0.5) is 0 Å². The Morgan fingerprint density at radius 3 is 3.10 bits per heavy atom. The predicted octanol–water partition coefficient (Wildman–Crippen LogP) is 1.48. The van der Waals surface area contributed by atoms with Crippen molar-refractivity contribution >= 4 is 16.9 Å². The zero-order valence-electron chi connectivity index (χ0n) is 11.4. The zero-order chi connectivity index (χ0) is 13.9. The first-order valence-corrected chi connectivity index (χ1v) is 7.12. The Labute approximate surface area is 117 Å². The summed E-state index contributed by atoms with van der Waals surface area (Å²) in [4.78, 5) is 21.6. The number of β-amino-alcohol motifs (C(OH)–C–C–N with tert-alkyl or cyclic N) is 1. The van der Waals surface area contributed by atoms with Gasteiger partial charge >= 0.3 is 0 Å². The molecule has 0 saturated carbocycles. The minimum atomic E-state index is -0.362. The number of aliphatic hydroxyl groups is 1. The zero-order valence-corrected chi connectivity index (χ0v) is 11.4. The van der Waals surface area contributed by atoms with E-state index in [0.717, 1.165) is 36.2 Å². The summed E-state index contributed by atoms with van der Waals surface area (Å²) in [6.07, 6.45) is 2.37. The average Bonchev–Trinajstić information content (AvgIpc) is 2.87. The second kappa shape index (κ2) is 5.63. The van der Waals surface area contributed by atoms with Crippen molar-refractivity contribution in [3.8, 4) is 0 Å². The van der Waals surface area contributed by atoms with Crippen molar-refractivity contribution in [2.45, 2.75) is 31.8 Å². The fraction of sp³-hybridized carbons (Fsp3) is 0.467. The number of benzene rings is 1. The molecule has 5 nitrogen and oxygen atoms in total. The molecule has 0 bridgehead atoms. The van der Waals surface area contributed by atoms with E-state index in [-0.39, 0.29) is 12.0 Å². The Morgan fingerprint density at radius 1 is 1.45 bits per heavy atom. The number of aromatic nitrogens is 2. The topological polar surface area (TPSA) is 69.2 Å². The standard InChI is InChI=1S/C15H19N3O2/c19-11-4-3-9-18(10-11)15(20)8-7-14-16-12-5-1-2-6-13(12)17-14/h1-2,5-6,11,19H,3-4,7-10H2,(H,16,17)/t11-/m1/s1. The first-order chi connectivity index (χ1) is 9.72. The molecule has 2 aromatic rings. The highest BCUT2D eigenvalue weighted by Gasteiger charge is 2.21. The highest BCUT2D eigenvalue weighted by Crippen LogP contribution is 2.14. The third kappa shape index (κ3) is 2.82. The van der Waals surface area contributed by atoms with Crippen LogP contribution in [0.15, 0.2) is 24.3 Å². The quantitative estimate of drug-likeness (QED) is 0.890. The molecule has 0 spiro atoms. The van der Waals surface area contributed by atoms with Crippen LogP contribution in [0.1, 0.15) is 25.1 Å². The molecule has 20 heavy (non-hydrogen) atoms. The molecule has 1 aromatic heterocycles. The minimum absolute atomic E-state index is 0.101. The molecule has 106 valence electrons. The molecule has 2 N–H and O–H groups in total. The predicted molar refractivity (Wildman–Crippen MR) is 76.2 cm³/mol. The number of para-hydroxylation sites is 2. The van der Waals surface area contributed by atoms with E-state index in [0.29, 0.717) is 19.4 Å². The number of rotatable bonds is 3. The van der Waals surface area contributed by atoms with Gasteiger partial charge in [-0.2, -0.15) is 0 Å². The number of amides is 1. The number of likely N-dealkylation sites (tertiary alicyclic amines) is 1. The van der Waals surface area contributed by atoms with Gasteiger partial charge < -0.3 is 15.0 Å². The molecule has 1 aromatic carbocycles. The lowest BCUT2D eigenvalue weighted by atomic mass is 10.1. The maximum absolute atomic E-state index is 12.1. The van der Waals surface area contributed by atoms with Crippen LogP contribution in [0, 0.1) is 0 Å². The number of hydrogen-bond donors (Lipinski definition) is 2. The van der Waals surface area contributed by atoms with Gasteiger partial charge in [-0.05, 0) is 25.0 Å². The number of nitrogens with zero attached hydrogens (tertiary/aromatic N) is 2. The average molecular weight is 273 g/mol. The SMILES string of the molecule is O=C(CCc1nc2ccccc2[nH]1)N1CCC[C@@H](O)C1. The summed E-state index contributed by atoms with van der Waals surface area (Å²) in [5.41, 5.74) is 1.94. The van der Waals surface area contributed by atoms with Gasteiger partial charge in [-0.25, -0.2) is 4.98 Å². The molecule has 5 heteroatoms. The second-order valence-electron chi connectivity index (χ2n) is 5.34. The smallest absolute Gasteiger partial charge is 0.223 e. The molecule has 1 atom stereocenters. The summed E-state index contributed by atoms with van der Waals surface area (Å²) in [7, 11) is 0. The van der Waals surface area contributed by atoms with Crippen LogP contribution in [-0.2, 0) is 11.2 Å². The van der Waals surface area contributed by atoms with Crippen LogP contribution >= 0.6 is 0 Å². The summed E-state index contributed by atoms with van der Waals surface area (Å²) < 4.78 is 0. The molecule has 1 aliphatic rings. The van der Waals surface area contributed by atoms with E-state index >= 15 is 0 Å².